The van der Waals surface area contributed by atoms with E-state index in [0.717, 1.165) is 5.82 Å². The summed E-state index contributed by atoms with van der Waals surface area (Å²) >= 11 is 0. The molecule has 0 saturated heterocycles. The SMILES string of the molecule is N#CCCNc1ccc(N)cn1. The van der Waals surface area contributed by atoms with Crippen LogP contribution in [0, 0.1) is 11.3 Å². The van der Waals surface area contributed by atoms with E-state index >= 15 is 0 Å². The van der Waals surface area contributed by atoms with Crippen LogP contribution in [0.4, 0.5) is 11.5 Å². The maximum atomic E-state index is 8.26. The maximum absolute atomic E-state index is 8.26. The Morgan fingerprint density at radius 1 is 1.58 bits per heavy atom. The number of hydrogen-bond donors (Lipinski definition) is 2. The Morgan fingerprint density at radius 3 is 3.00 bits per heavy atom. The summed E-state index contributed by atoms with van der Waals surface area (Å²) in [5.41, 5.74) is 6.08. The van der Waals surface area contributed by atoms with Crippen molar-refractivity contribution >= 4 is 11.5 Å². The molecular formula is C8H10N4. The highest BCUT2D eigenvalue weighted by molar-refractivity contribution is 5.43. The monoisotopic (exact) mass is 162 g/mol. The number of nitriles is 1. The molecule has 3 N–H and O–H groups in total. The van der Waals surface area contributed by atoms with Gasteiger partial charge in [0.2, 0.25) is 0 Å². The van der Waals surface area contributed by atoms with Crippen molar-refractivity contribution in [2.45, 2.75) is 6.42 Å². The van der Waals surface area contributed by atoms with Gasteiger partial charge in [0.25, 0.3) is 0 Å². The minimum Gasteiger partial charge on any atom is -0.397 e. The highest BCUT2D eigenvalue weighted by Crippen LogP contribution is 2.04. The van der Waals surface area contributed by atoms with Crippen molar-refractivity contribution in [3.05, 3.63) is 18.3 Å². The topological polar surface area (TPSA) is 74.7 Å². The first-order chi connectivity index (χ1) is 5.83. The molecular weight excluding hydrogens is 152 g/mol. The normalized spacial score (nSPS) is 8.92. The van der Waals surface area contributed by atoms with Gasteiger partial charge < -0.3 is 11.1 Å². The van der Waals surface area contributed by atoms with Crippen LogP contribution < -0.4 is 11.1 Å². The van der Waals surface area contributed by atoms with E-state index in [1.165, 1.54) is 0 Å². The zero-order valence-corrected chi connectivity index (χ0v) is 6.62. The van der Waals surface area contributed by atoms with Gasteiger partial charge in [0.15, 0.2) is 0 Å². The highest BCUT2D eigenvalue weighted by atomic mass is 15.0. The van der Waals surface area contributed by atoms with E-state index in [2.05, 4.69) is 10.3 Å². The number of pyridine rings is 1. The fraction of sp³-hybridized carbons (Fsp3) is 0.250. The largest absolute Gasteiger partial charge is 0.397 e. The Labute approximate surface area is 71.0 Å². The first-order valence-electron chi connectivity index (χ1n) is 3.65. The Morgan fingerprint density at radius 2 is 2.42 bits per heavy atom. The van der Waals surface area contributed by atoms with Crippen LogP contribution in [-0.2, 0) is 0 Å². The Bertz CT molecular complexity index is 272. The van der Waals surface area contributed by atoms with Gasteiger partial charge >= 0.3 is 0 Å². The molecule has 0 atom stereocenters. The molecule has 0 bridgehead atoms. The summed E-state index contributed by atoms with van der Waals surface area (Å²) in [4.78, 5) is 4.00. The predicted octanol–water partition coefficient (Wildman–Crippen LogP) is 0.989. The number of nitrogens with two attached hydrogens (primary N) is 1. The lowest BCUT2D eigenvalue weighted by atomic mass is 10.4. The summed E-state index contributed by atoms with van der Waals surface area (Å²) in [6.45, 7) is 0.618. The fourth-order valence-corrected chi connectivity index (χ4v) is 0.756. The van der Waals surface area contributed by atoms with Crippen LogP contribution in [0.15, 0.2) is 18.3 Å². The standard InChI is InChI=1S/C8H10N4/c9-4-1-5-11-8-3-2-7(10)6-12-8/h2-3,6H,1,5,10H2,(H,11,12). The van der Waals surface area contributed by atoms with Gasteiger partial charge in [-0.3, -0.25) is 0 Å². The first kappa shape index (κ1) is 8.34. The molecule has 62 valence electrons. The molecule has 0 aromatic carbocycles. The molecule has 0 aliphatic rings. The second-order valence-electron chi connectivity index (χ2n) is 2.31. The average molecular weight is 162 g/mol. The third kappa shape index (κ3) is 2.46. The van der Waals surface area contributed by atoms with Gasteiger partial charge in [-0.25, -0.2) is 4.98 Å². The molecule has 1 aromatic rings. The predicted molar refractivity (Wildman–Crippen MR) is 47.4 cm³/mol. The molecule has 0 unspecified atom stereocenters. The van der Waals surface area contributed by atoms with Gasteiger partial charge in [0.1, 0.15) is 5.82 Å². The number of aromatic nitrogens is 1. The van der Waals surface area contributed by atoms with E-state index < -0.39 is 0 Å². The Hall–Kier alpha value is -1.76. The number of anilines is 2. The highest BCUT2D eigenvalue weighted by Gasteiger charge is 1.90. The maximum Gasteiger partial charge on any atom is 0.126 e. The second-order valence-corrected chi connectivity index (χ2v) is 2.31. The molecule has 4 heteroatoms. The molecule has 0 aliphatic carbocycles. The quantitative estimate of drug-likeness (QED) is 0.650. The third-order valence-electron chi connectivity index (χ3n) is 1.33. The second kappa shape index (κ2) is 4.19. The van der Waals surface area contributed by atoms with E-state index in [-0.39, 0.29) is 0 Å². The summed E-state index contributed by atoms with van der Waals surface area (Å²) in [5.74, 6) is 0.749. The smallest absolute Gasteiger partial charge is 0.126 e. The van der Waals surface area contributed by atoms with Gasteiger partial charge in [-0.15, -0.1) is 0 Å². The van der Waals surface area contributed by atoms with Crippen LogP contribution in [0.5, 0.6) is 0 Å². The van der Waals surface area contributed by atoms with Crippen LogP contribution in [0.2, 0.25) is 0 Å². The summed E-state index contributed by atoms with van der Waals surface area (Å²) < 4.78 is 0. The van der Waals surface area contributed by atoms with E-state index in [4.69, 9.17) is 11.0 Å². The van der Waals surface area contributed by atoms with Crippen LogP contribution in [0.25, 0.3) is 0 Å². The molecule has 12 heavy (non-hydrogen) atoms. The average Bonchev–Trinajstić information content (AvgIpc) is 2.09. The molecule has 0 fully saturated rings. The van der Waals surface area contributed by atoms with Crippen molar-refractivity contribution in [2.75, 3.05) is 17.6 Å². The number of nitrogens with zero attached hydrogens (tertiary/aromatic N) is 2. The number of hydrogen-bond acceptors (Lipinski definition) is 4. The molecule has 0 aliphatic heterocycles. The molecule has 4 nitrogen and oxygen atoms in total. The van der Waals surface area contributed by atoms with Crippen LogP contribution in [0.3, 0.4) is 0 Å². The summed E-state index contributed by atoms with van der Waals surface area (Å²) in [7, 11) is 0. The first-order valence-corrected chi connectivity index (χ1v) is 3.65. The van der Waals surface area contributed by atoms with E-state index in [0.29, 0.717) is 18.7 Å². The lowest BCUT2D eigenvalue weighted by molar-refractivity contribution is 1.06. The lowest BCUT2D eigenvalue weighted by Gasteiger charge is -2.01. The summed E-state index contributed by atoms with van der Waals surface area (Å²) in [6.07, 6.45) is 2.06. The molecule has 0 saturated carbocycles. The Balaban J connectivity index is 2.43. The summed E-state index contributed by atoms with van der Waals surface area (Å²) in [6, 6.07) is 5.58. The number of rotatable bonds is 3. The summed E-state index contributed by atoms with van der Waals surface area (Å²) in [5, 5.41) is 11.2. The minimum atomic E-state index is 0.478. The lowest BCUT2D eigenvalue weighted by Crippen LogP contribution is -2.02. The third-order valence-corrected chi connectivity index (χ3v) is 1.33. The fourth-order valence-electron chi connectivity index (χ4n) is 0.756. The zero-order chi connectivity index (χ0) is 8.81. The number of nitrogen functional groups attached to an aromatic ring is 1. The Kier molecular flexibility index (Phi) is 2.91. The van der Waals surface area contributed by atoms with Gasteiger partial charge in [0, 0.05) is 6.54 Å². The molecule has 1 rings (SSSR count). The van der Waals surface area contributed by atoms with Gasteiger partial charge in [-0.2, -0.15) is 5.26 Å². The van der Waals surface area contributed by atoms with Crippen molar-refractivity contribution in [1.82, 2.24) is 4.98 Å². The van der Waals surface area contributed by atoms with Crippen LogP contribution in [-0.4, -0.2) is 11.5 Å². The van der Waals surface area contributed by atoms with Gasteiger partial charge in [-0.05, 0) is 12.1 Å². The van der Waals surface area contributed by atoms with E-state index in [1.807, 2.05) is 6.07 Å². The van der Waals surface area contributed by atoms with Gasteiger partial charge in [-0.1, -0.05) is 0 Å². The van der Waals surface area contributed by atoms with Gasteiger partial charge in [0.05, 0.1) is 24.4 Å². The molecule has 0 radical (unpaired) electrons. The molecule has 0 amide bonds. The van der Waals surface area contributed by atoms with Crippen molar-refractivity contribution in [3.63, 3.8) is 0 Å². The van der Waals surface area contributed by atoms with Crippen molar-refractivity contribution < 1.29 is 0 Å². The van der Waals surface area contributed by atoms with Crippen LogP contribution in [0.1, 0.15) is 6.42 Å². The van der Waals surface area contributed by atoms with Crippen molar-refractivity contribution in [2.24, 2.45) is 0 Å². The van der Waals surface area contributed by atoms with Crippen molar-refractivity contribution in [3.8, 4) is 6.07 Å². The molecule has 0 spiro atoms. The van der Waals surface area contributed by atoms with E-state index in [9.17, 15) is 0 Å². The zero-order valence-electron chi connectivity index (χ0n) is 6.62. The number of nitrogens with one attached hydrogen (secondary N) is 1. The van der Waals surface area contributed by atoms with E-state index in [1.54, 1.807) is 18.3 Å². The van der Waals surface area contributed by atoms with Crippen molar-refractivity contribution in [1.29, 1.82) is 5.26 Å². The minimum absolute atomic E-state index is 0.478. The molecule has 1 aromatic heterocycles. The molecule has 1 heterocycles. The van der Waals surface area contributed by atoms with Crippen LogP contribution >= 0.6 is 0 Å².